The zero-order valence-electron chi connectivity index (χ0n) is 9.53. The minimum absolute atomic E-state index is 0.269. The lowest BCUT2D eigenvalue weighted by Gasteiger charge is -2.03. The van der Waals surface area contributed by atoms with Crippen LogP contribution in [0.5, 0.6) is 0 Å². The zero-order valence-corrected chi connectivity index (χ0v) is 10.3. The smallest absolute Gasteiger partial charge is 0.231 e. The minimum atomic E-state index is -0.302. The molecule has 0 aromatic heterocycles. The average Bonchev–Trinajstić information content (AvgIpc) is 2.29. The van der Waals surface area contributed by atoms with E-state index in [2.05, 4.69) is 35.8 Å². The van der Waals surface area contributed by atoms with Gasteiger partial charge in [-0.05, 0) is 43.3 Å². The lowest BCUT2D eigenvalue weighted by atomic mass is 10.1. The molecule has 4 heteroatoms. The molecule has 0 bridgehead atoms. The first-order valence-electron chi connectivity index (χ1n) is 5.34. The van der Waals surface area contributed by atoms with Crippen molar-refractivity contribution in [2.75, 3.05) is 19.3 Å². The van der Waals surface area contributed by atoms with Gasteiger partial charge in [0.1, 0.15) is 0 Å². The molecule has 1 amide bonds. The van der Waals surface area contributed by atoms with Gasteiger partial charge in [0.05, 0.1) is 6.54 Å². The number of amides is 1. The number of benzene rings is 1. The van der Waals surface area contributed by atoms with Gasteiger partial charge in [-0.15, -0.1) is 11.8 Å². The molecule has 0 radical (unpaired) electrons. The summed E-state index contributed by atoms with van der Waals surface area (Å²) in [6, 6.07) is 8.58. The van der Waals surface area contributed by atoms with E-state index < -0.39 is 0 Å². The Morgan fingerprint density at radius 1 is 1.38 bits per heavy atom. The van der Waals surface area contributed by atoms with E-state index in [-0.39, 0.29) is 12.5 Å². The molecule has 0 atom stereocenters. The van der Waals surface area contributed by atoms with E-state index in [0.29, 0.717) is 0 Å². The fraction of sp³-hybridized carbons (Fsp3) is 0.417. The molecule has 0 spiro atoms. The van der Waals surface area contributed by atoms with Gasteiger partial charge in [0, 0.05) is 4.90 Å². The number of hydrogen-bond acceptors (Lipinski definition) is 3. The third-order valence-corrected chi connectivity index (χ3v) is 3.02. The van der Waals surface area contributed by atoms with Crippen LogP contribution < -0.4 is 11.1 Å². The number of nitrogens with two attached hydrogens (primary N) is 1. The van der Waals surface area contributed by atoms with Crippen LogP contribution >= 0.6 is 11.8 Å². The van der Waals surface area contributed by atoms with Gasteiger partial charge in [0.25, 0.3) is 0 Å². The van der Waals surface area contributed by atoms with Gasteiger partial charge >= 0.3 is 0 Å². The maximum Gasteiger partial charge on any atom is 0.231 e. The Bertz CT molecular complexity index is 324. The summed E-state index contributed by atoms with van der Waals surface area (Å²) in [6.45, 7) is 1.10. The van der Waals surface area contributed by atoms with Crippen molar-refractivity contribution in [3.63, 3.8) is 0 Å². The molecule has 0 saturated heterocycles. The Balaban J connectivity index is 2.19. The number of nitrogens with one attached hydrogen (secondary N) is 1. The molecule has 0 saturated carbocycles. The van der Waals surface area contributed by atoms with Gasteiger partial charge in [0.15, 0.2) is 0 Å². The number of primary amides is 1. The number of carbonyl (C=O) groups excluding carboxylic acids is 1. The fourth-order valence-corrected chi connectivity index (χ4v) is 1.83. The Kier molecular flexibility index (Phi) is 5.96. The second-order valence-electron chi connectivity index (χ2n) is 3.59. The molecule has 0 aliphatic heterocycles. The van der Waals surface area contributed by atoms with Gasteiger partial charge in [0.2, 0.25) is 5.91 Å². The van der Waals surface area contributed by atoms with Crippen LogP contribution in [0.1, 0.15) is 12.0 Å². The van der Waals surface area contributed by atoms with Gasteiger partial charge in [-0.3, -0.25) is 4.79 Å². The number of thioether (sulfide) groups is 1. The molecule has 0 heterocycles. The first-order chi connectivity index (χ1) is 7.72. The van der Waals surface area contributed by atoms with Gasteiger partial charge < -0.3 is 11.1 Å². The SMILES string of the molecule is CSc1ccc(CCCNCC(N)=O)cc1. The topological polar surface area (TPSA) is 55.1 Å². The first kappa shape index (κ1) is 13.1. The molecular formula is C12H18N2OS. The molecule has 3 N–H and O–H groups in total. The van der Waals surface area contributed by atoms with Crippen molar-refractivity contribution in [2.24, 2.45) is 5.73 Å². The van der Waals surface area contributed by atoms with E-state index in [1.54, 1.807) is 11.8 Å². The summed E-state index contributed by atoms with van der Waals surface area (Å²) >= 11 is 1.75. The highest BCUT2D eigenvalue weighted by Crippen LogP contribution is 2.15. The minimum Gasteiger partial charge on any atom is -0.369 e. The second-order valence-corrected chi connectivity index (χ2v) is 4.47. The Morgan fingerprint density at radius 2 is 2.06 bits per heavy atom. The first-order valence-corrected chi connectivity index (χ1v) is 6.57. The van der Waals surface area contributed by atoms with Gasteiger partial charge in [-0.25, -0.2) is 0 Å². The maximum atomic E-state index is 10.5. The maximum absolute atomic E-state index is 10.5. The van der Waals surface area contributed by atoms with Crippen molar-refractivity contribution in [3.8, 4) is 0 Å². The molecule has 88 valence electrons. The van der Waals surface area contributed by atoms with Crippen LogP contribution in [0.25, 0.3) is 0 Å². The van der Waals surface area contributed by atoms with Crippen molar-refractivity contribution in [1.82, 2.24) is 5.32 Å². The van der Waals surface area contributed by atoms with Crippen molar-refractivity contribution in [3.05, 3.63) is 29.8 Å². The van der Waals surface area contributed by atoms with Crippen LogP contribution in [0.15, 0.2) is 29.2 Å². The fourth-order valence-electron chi connectivity index (χ4n) is 1.42. The predicted molar refractivity (Wildman–Crippen MR) is 68.6 cm³/mol. The molecule has 1 rings (SSSR count). The van der Waals surface area contributed by atoms with E-state index in [4.69, 9.17) is 5.73 Å². The Morgan fingerprint density at radius 3 is 2.62 bits per heavy atom. The highest BCUT2D eigenvalue weighted by molar-refractivity contribution is 7.98. The molecule has 3 nitrogen and oxygen atoms in total. The number of aryl methyl sites for hydroxylation is 1. The predicted octanol–water partition coefficient (Wildman–Crippen LogP) is 1.42. The number of carbonyl (C=O) groups is 1. The highest BCUT2D eigenvalue weighted by atomic mass is 32.2. The molecule has 0 unspecified atom stereocenters. The number of hydrogen-bond donors (Lipinski definition) is 2. The summed E-state index contributed by atoms with van der Waals surface area (Å²) in [7, 11) is 0. The standard InChI is InChI=1S/C12H18N2OS/c1-16-11-6-4-10(5-7-11)3-2-8-14-9-12(13)15/h4-7,14H,2-3,8-9H2,1H3,(H2,13,15). The van der Waals surface area contributed by atoms with E-state index in [1.165, 1.54) is 10.5 Å². The molecule has 1 aromatic carbocycles. The van der Waals surface area contributed by atoms with E-state index >= 15 is 0 Å². The van der Waals surface area contributed by atoms with Gasteiger partial charge in [-0.1, -0.05) is 12.1 Å². The van der Waals surface area contributed by atoms with Crippen molar-refractivity contribution in [2.45, 2.75) is 17.7 Å². The molecule has 0 aliphatic carbocycles. The summed E-state index contributed by atoms with van der Waals surface area (Å²) < 4.78 is 0. The third kappa shape index (κ3) is 5.19. The van der Waals surface area contributed by atoms with E-state index in [9.17, 15) is 4.79 Å². The summed E-state index contributed by atoms with van der Waals surface area (Å²) in [4.78, 5) is 11.7. The van der Waals surface area contributed by atoms with E-state index in [1.807, 2.05) is 0 Å². The van der Waals surface area contributed by atoms with Crippen LogP contribution in [0, 0.1) is 0 Å². The summed E-state index contributed by atoms with van der Waals surface area (Å²) in [6.07, 6.45) is 4.12. The lowest BCUT2D eigenvalue weighted by Crippen LogP contribution is -2.29. The number of rotatable bonds is 7. The molecule has 1 aromatic rings. The quantitative estimate of drug-likeness (QED) is 0.558. The molecule has 0 aliphatic rings. The normalized spacial score (nSPS) is 10.3. The van der Waals surface area contributed by atoms with Crippen molar-refractivity contribution < 1.29 is 4.79 Å². The monoisotopic (exact) mass is 238 g/mol. The lowest BCUT2D eigenvalue weighted by molar-refractivity contribution is -0.117. The van der Waals surface area contributed by atoms with Crippen molar-refractivity contribution >= 4 is 17.7 Å². The second kappa shape index (κ2) is 7.30. The van der Waals surface area contributed by atoms with Crippen LogP contribution in [0.3, 0.4) is 0 Å². The largest absolute Gasteiger partial charge is 0.369 e. The van der Waals surface area contributed by atoms with Crippen LogP contribution in [0.2, 0.25) is 0 Å². The summed E-state index contributed by atoms with van der Waals surface area (Å²) in [5, 5.41) is 3.00. The summed E-state index contributed by atoms with van der Waals surface area (Å²) in [5.74, 6) is -0.302. The van der Waals surface area contributed by atoms with Crippen LogP contribution in [-0.4, -0.2) is 25.3 Å². The third-order valence-electron chi connectivity index (χ3n) is 2.28. The molecular weight excluding hydrogens is 220 g/mol. The van der Waals surface area contributed by atoms with Gasteiger partial charge in [-0.2, -0.15) is 0 Å². The average molecular weight is 238 g/mol. The Labute approximate surface area is 101 Å². The highest BCUT2D eigenvalue weighted by Gasteiger charge is 1.95. The molecule has 16 heavy (non-hydrogen) atoms. The van der Waals surface area contributed by atoms with Crippen LogP contribution in [-0.2, 0) is 11.2 Å². The Hall–Kier alpha value is -1.00. The van der Waals surface area contributed by atoms with Crippen LogP contribution in [0.4, 0.5) is 0 Å². The zero-order chi connectivity index (χ0) is 11.8. The van der Waals surface area contributed by atoms with E-state index in [0.717, 1.165) is 19.4 Å². The summed E-state index contributed by atoms with van der Waals surface area (Å²) in [5.41, 5.74) is 6.35. The van der Waals surface area contributed by atoms with Crippen molar-refractivity contribution in [1.29, 1.82) is 0 Å². The molecule has 0 fully saturated rings.